The molecule has 0 saturated carbocycles. The molecule has 1 saturated heterocycles. The van der Waals surface area contributed by atoms with Crippen LogP contribution in [0.2, 0.25) is 0 Å². The van der Waals surface area contributed by atoms with Crippen LogP contribution in [0.3, 0.4) is 0 Å². The molecular formula is C16H27N. The number of likely N-dealkylation sites (tertiary alicyclic amines) is 1. The average molecular weight is 233 g/mol. The Labute approximate surface area is 106 Å². The van der Waals surface area contributed by atoms with Crippen molar-refractivity contribution in [2.24, 2.45) is 5.41 Å². The normalized spacial score (nSPS) is 30.2. The summed E-state index contributed by atoms with van der Waals surface area (Å²) < 4.78 is 0. The number of hydrogen-bond donors (Lipinski definition) is 0. The predicted octanol–water partition coefficient (Wildman–Crippen LogP) is 4.14. The Morgan fingerprint density at radius 2 is 1.47 bits per heavy atom. The summed E-state index contributed by atoms with van der Waals surface area (Å²) in [5.41, 5.74) is 4.49. The Morgan fingerprint density at radius 1 is 0.824 bits per heavy atom. The maximum atomic E-state index is 2.52. The summed E-state index contributed by atoms with van der Waals surface area (Å²) in [7, 11) is 2.29. The van der Waals surface area contributed by atoms with Crippen molar-refractivity contribution >= 4 is 0 Å². The maximum absolute atomic E-state index is 2.52. The van der Waals surface area contributed by atoms with E-state index >= 15 is 0 Å². The molecule has 1 heteroatoms. The van der Waals surface area contributed by atoms with E-state index in [1.54, 1.807) is 0 Å². The molecule has 1 heterocycles. The highest BCUT2D eigenvalue weighted by molar-refractivity contribution is 5.21. The van der Waals surface area contributed by atoms with Crippen molar-refractivity contribution in [2.75, 3.05) is 20.1 Å². The zero-order valence-electron chi connectivity index (χ0n) is 11.4. The summed E-state index contributed by atoms with van der Waals surface area (Å²) in [6.07, 6.45) is 14.6. The van der Waals surface area contributed by atoms with E-state index in [-0.39, 0.29) is 0 Å². The molecule has 2 aliphatic carbocycles. The van der Waals surface area contributed by atoms with Gasteiger partial charge in [-0.25, -0.2) is 0 Å². The summed E-state index contributed by atoms with van der Waals surface area (Å²) in [5, 5.41) is 0. The Balaban J connectivity index is 1.76. The highest BCUT2D eigenvalue weighted by Crippen LogP contribution is 2.47. The van der Waals surface area contributed by atoms with Gasteiger partial charge in [0.1, 0.15) is 0 Å². The highest BCUT2D eigenvalue weighted by atomic mass is 15.1. The maximum Gasteiger partial charge on any atom is -0.00164 e. The first kappa shape index (κ1) is 11.8. The molecule has 0 aromatic carbocycles. The highest BCUT2D eigenvalue weighted by Gasteiger charge is 2.36. The van der Waals surface area contributed by atoms with Crippen molar-refractivity contribution in [3.8, 4) is 0 Å². The fourth-order valence-electron chi connectivity index (χ4n) is 4.28. The fourth-order valence-corrected chi connectivity index (χ4v) is 4.28. The molecule has 3 rings (SSSR count). The van der Waals surface area contributed by atoms with E-state index in [0.717, 1.165) is 0 Å². The topological polar surface area (TPSA) is 3.24 Å². The number of nitrogens with zero attached hydrogens (tertiary/aromatic N) is 1. The molecule has 0 aromatic heterocycles. The Bertz CT molecular complexity index is 307. The molecule has 96 valence electrons. The first-order chi connectivity index (χ1) is 8.27. The van der Waals surface area contributed by atoms with Crippen molar-refractivity contribution in [3.63, 3.8) is 0 Å². The molecule has 17 heavy (non-hydrogen) atoms. The van der Waals surface area contributed by atoms with Gasteiger partial charge >= 0.3 is 0 Å². The van der Waals surface area contributed by atoms with Gasteiger partial charge in [-0.3, -0.25) is 0 Å². The van der Waals surface area contributed by atoms with Crippen LogP contribution in [0.1, 0.15) is 64.2 Å². The zero-order chi connectivity index (χ0) is 11.7. The minimum atomic E-state index is 0.709. The van der Waals surface area contributed by atoms with Crippen LogP contribution in [0.25, 0.3) is 0 Å². The van der Waals surface area contributed by atoms with Gasteiger partial charge in [-0.05, 0) is 89.8 Å². The Hall–Kier alpha value is -0.300. The quantitative estimate of drug-likeness (QED) is 0.568. The van der Waals surface area contributed by atoms with Crippen molar-refractivity contribution in [2.45, 2.75) is 64.2 Å². The third-order valence-corrected chi connectivity index (χ3v) is 5.53. The third kappa shape index (κ3) is 2.45. The lowest BCUT2D eigenvalue weighted by Crippen LogP contribution is -2.38. The van der Waals surface area contributed by atoms with Crippen molar-refractivity contribution < 1.29 is 0 Å². The largest absolute Gasteiger partial charge is 0.306 e. The fraction of sp³-hybridized carbons (Fsp3) is 0.875. The summed E-state index contributed by atoms with van der Waals surface area (Å²) >= 11 is 0. The van der Waals surface area contributed by atoms with Gasteiger partial charge in [0.05, 0.1) is 0 Å². The van der Waals surface area contributed by atoms with E-state index in [0.29, 0.717) is 5.41 Å². The molecule has 0 unspecified atom stereocenters. The monoisotopic (exact) mass is 233 g/mol. The predicted molar refractivity (Wildman–Crippen MR) is 73.1 cm³/mol. The lowest BCUT2D eigenvalue weighted by Gasteiger charge is -2.41. The summed E-state index contributed by atoms with van der Waals surface area (Å²) in [6, 6.07) is 0. The molecule has 0 N–H and O–H groups in total. The second kappa shape index (κ2) is 4.76. The molecule has 1 aliphatic heterocycles. The van der Waals surface area contributed by atoms with Gasteiger partial charge in [0, 0.05) is 0 Å². The van der Waals surface area contributed by atoms with Gasteiger partial charge in [0.15, 0.2) is 0 Å². The van der Waals surface area contributed by atoms with Gasteiger partial charge in [-0.2, -0.15) is 0 Å². The molecular weight excluding hydrogens is 206 g/mol. The summed E-state index contributed by atoms with van der Waals surface area (Å²) in [6.45, 7) is 2.67. The van der Waals surface area contributed by atoms with Crippen LogP contribution in [0.15, 0.2) is 11.1 Å². The molecule has 1 spiro atoms. The first-order valence-electron chi connectivity index (χ1n) is 7.66. The number of piperidine rings is 1. The summed E-state index contributed by atoms with van der Waals surface area (Å²) in [4.78, 5) is 2.52. The van der Waals surface area contributed by atoms with E-state index in [2.05, 4.69) is 11.9 Å². The van der Waals surface area contributed by atoms with E-state index in [9.17, 15) is 0 Å². The smallest absolute Gasteiger partial charge is 0.00164 e. The van der Waals surface area contributed by atoms with Crippen molar-refractivity contribution in [1.29, 1.82) is 0 Å². The van der Waals surface area contributed by atoms with Crippen LogP contribution in [0.5, 0.6) is 0 Å². The van der Waals surface area contributed by atoms with Gasteiger partial charge < -0.3 is 4.90 Å². The molecule has 1 nitrogen and oxygen atoms in total. The van der Waals surface area contributed by atoms with Gasteiger partial charge in [-0.1, -0.05) is 11.1 Å². The van der Waals surface area contributed by atoms with Gasteiger partial charge in [-0.15, -0.1) is 0 Å². The lowest BCUT2D eigenvalue weighted by atomic mass is 9.70. The molecule has 0 atom stereocenters. The van der Waals surface area contributed by atoms with Crippen molar-refractivity contribution in [3.05, 3.63) is 11.1 Å². The van der Waals surface area contributed by atoms with Crippen LogP contribution in [0.4, 0.5) is 0 Å². The Kier molecular flexibility index (Phi) is 3.30. The van der Waals surface area contributed by atoms with Crippen LogP contribution >= 0.6 is 0 Å². The number of hydrogen-bond acceptors (Lipinski definition) is 1. The van der Waals surface area contributed by atoms with E-state index in [1.165, 1.54) is 77.3 Å². The third-order valence-electron chi connectivity index (χ3n) is 5.53. The van der Waals surface area contributed by atoms with Crippen LogP contribution in [-0.4, -0.2) is 25.0 Å². The van der Waals surface area contributed by atoms with E-state index in [4.69, 9.17) is 0 Å². The Morgan fingerprint density at radius 3 is 2.24 bits per heavy atom. The zero-order valence-corrected chi connectivity index (χ0v) is 11.4. The molecule has 0 amide bonds. The standard InChI is InChI=1S/C16H27N/c1-17-11-9-16(10-12-17)8-4-7-14-5-2-3-6-15(14)13-16/h2-13H2,1H3. The molecule has 0 aromatic rings. The number of rotatable bonds is 0. The van der Waals surface area contributed by atoms with Gasteiger partial charge in [0.2, 0.25) is 0 Å². The van der Waals surface area contributed by atoms with Crippen LogP contribution in [0, 0.1) is 5.41 Å². The van der Waals surface area contributed by atoms with Crippen molar-refractivity contribution in [1.82, 2.24) is 4.90 Å². The summed E-state index contributed by atoms with van der Waals surface area (Å²) in [5.74, 6) is 0. The van der Waals surface area contributed by atoms with E-state index < -0.39 is 0 Å². The lowest BCUT2D eigenvalue weighted by molar-refractivity contribution is 0.111. The molecule has 0 bridgehead atoms. The molecule has 1 fully saturated rings. The minimum absolute atomic E-state index is 0.709. The van der Waals surface area contributed by atoms with Crippen LogP contribution < -0.4 is 0 Å². The number of allylic oxidation sites excluding steroid dienone is 2. The van der Waals surface area contributed by atoms with Crippen LogP contribution in [-0.2, 0) is 0 Å². The minimum Gasteiger partial charge on any atom is -0.306 e. The SMILES string of the molecule is CN1CCC2(CCCC3=C(CCCC3)C2)CC1. The molecule has 3 aliphatic rings. The average Bonchev–Trinajstić information content (AvgIpc) is 2.52. The van der Waals surface area contributed by atoms with E-state index in [1.807, 2.05) is 11.1 Å². The first-order valence-corrected chi connectivity index (χ1v) is 7.66. The second-order valence-electron chi connectivity index (χ2n) is 6.75. The van der Waals surface area contributed by atoms with Gasteiger partial charge in [0.25, 0.3) is 0 Å². The molecule has 0 radical (unpaired) electrons. The second-order valence-corrected chi connectivity index (χ2v) is 6.75.